The van der Waals surface area contributed by atoms with Crippen LogP contribution in [-0.2, 0) is 4.74 Å². The summed E-state index contributed by atoms with van der Waals surface area (Å²) < 4.78 is 12.1. The van der Waals surface area contributed by atoms with Gasteiger partial charge in [0, 0.05) is 42.9 Å². The van der Waals surface area contributed by atoms with Crippen molar-refractivity contribution in [2.45, 2.75) is 13.3 Å². The molecule has 38 heavy (non-hydrogen) atoms. The SMILES string of the molecule is CCOc1ccc2nc(N(CCCN3CCOCC3)C(=O)c3ccc(C(=O)c4ccccc4)cc3)sc2c1. The van der Waals surface area contributed by atoms with Crippen molar-refractivity contribution in [1.82, 2.24) is 9.88 Å². The van der Waals surface area contributed by atoms with Gasteiger partial charge in [-0.25, -0.2) is 4.98 Å². The molecular weight excluding hydrogens is 498 g/mol. The van der Waals surface area contributed by atoms with E-state index in [-0.39, 0.29) is 11.7 Å². The van der Waals surface area contributed by atoms with Crippen molar-refractivity contribution < 1.29 is 19.1 Å². The summed E-state index contributed by atoms with van der Waals surface area (Å²) in [5, 5.41) is 0.657. The first kappa shape index (κ1) is 26.0. The Labute approximate surface area is 226 Å². The summed E-state index contributed by atoms with van der Waals surface area (Å²) in [5.74, 6) is 0.595. The first-order valence-electron chi connectivity index (χ1n) is 13.0. The number of thiazole rings is 1. The minimum Gasteiger partial charge on any atom is -0.494 e. The zero-order valence-corrected chi connectivity index (χ0v) is 22.3. The molecule has 1 aliphatic rings. The number of nitrogens with zero attached hydrogens (tertiary/aromatic N) is 3. The molecule has 5 rings (SSSR count). The van der Waals surface area contributed by atoms with Gasteiger partial charge >= 0.3 is 0 Å². The van der Waals surface area contributed by atoms with Crippen molar-refractivity contribution in [3.63, 3.8) is 0 Å². The van der Waals surface area contributed by atoms with Crippen LogP contribution in [0, 0.1) is 0 Å². The normalized spacial score (nSPS) is 13.9. The third-order valence-electron chi connectivity index (χ3n) is 6.53. The average Bonchev–Trinajstić information content (AvgIpc) is 3.39. The van der Waals surface area contributed by atoms with Gasteiger partial charge in [0.25, 0.3) is 5.91 Å². The second-order valence-corrected chi connectivity index (χ2v) is 10.1. The second kappa shape index (κ2) is 12.3. The maximum absolute atomic E-state index is 13.8. The Kier molecular flexibility index (Phi) is 8.43. The topological polar surface area (TPSA) is 72.0 Å². The standard InChI is InChI=1S/C30H31N3O4S/c1-2-37-25-13-14-26-27(21-25)38-30(31-26)33(16-6-15-32-17-19-36-20-18-32)29(35)24-11-9-23(10-12-24)28(34)22-7-4-3-5-8-22/h3-5,7-14,21H,2,6,15-20H2,1H3. The molecule has 1 saturated heterocycles. The van der Waals surface area contributed by atoms with Gasteiger partial charge in [-0.1, -0.05) is 53.8 Å². The highest BCUT2D eigenvalue weighted by Gasteiger charge is 2.22. The molecule has 196 valence electrons. The van der Waals surface area contributed by atoms with E-state index in [4.69, 9.17) is 14.5 Å². The highest BCUT2D eigenvalue weighted by atomic mass is 32.1. The lowest BCUT2D eigenvalue weighted by molar-refractivity contribution is 0.0376. The van der Waals surface area contributed by atoms with E-state index < -0.39 is 0 Å². The summed E-state index contributed by atoms with van der Waals surface area (Å²) in [7, 11) is 0. The van der Waals surface area contributed by atoms with Crippen LogP contribution in [0.3, 0.4) is 0 Å². The molecule has 0 saturated carbocycles. The van der Waals surface area contributed by atoms with Crippen molar-refractivity contribution in [3.05, 3.63) is 89.5 Å². The van der Waals surface area contributed by atoms with Gasteiger partial charge in [0.15, 0.2) is 10.9 Å². The van der Waals surface area contributed by atoms with Crippen molar-refractivity contribution in [2.75, 3.05) is 50.9 Å². The smallest absolute Gasteiger partial charge is 0.260 e. The molecule has 0 bridgehead atoms. The zero-order valence-electron chi connectivity index (χ0n) is 21.5. The summed E-state index contributed by atoms with van der Waals surface area (Å²) in [6, 6.07) is 21.9. The number of ether oxygens (including phenoxy) is 2. The fraction of sp³-hybridized carbons (Fsp3) is 0.300. The van der Waals surface area contributed by atoms with Crippen LogP contribution in [0.1, 0.15) is 39.6 Å². The Bertz CT molecular complexity index is 1380. The number of hydrogen-bond donors (Lipinski definition) is 0. The van der Waals surface area contributed by atoms with Crippen LogP contribution in [0.5, 0.6) is 5.75 Å². The van der Waals surface area contributed by atoms with Crippen LogP contribution in [-0.4, -0.2) is 67.6 Å². The van der Waals surface area contributed by atoms with E-state index >= 15 is 0 Å². The third kappa shape index (κ3) is 6.10. The molecule has 0 atom stereocenters. The summed E-state index contributed by atoms with van der Waals surface area (Å²) in [6.07, 6.45) is 0.816. The Hall–Kier alpha value is -3.59. The molecule has 1 fully saturated rings. The fourth-order valence-corrected chi connectivity index (χ4v) is 5.52. The first-order valence-corrected chi connectivity index (χ1v) is 13.8. The number of amides is 1. The number of carbonyl (C=O) groups is 2. The van der Waals surface area contributed by atoms with Crippen molar-refractivity contribution in [2.24, 2.45) is 0 Å². The monoisotopic (exact) mass is 529 g/mol. The van der Waals surface area contributed by atoms with E-state index in [2.05, 4.69) is 4.90 Å². The molecule has 3 aromatic carbocycles. The summed E-state index contributed by atoms with van der Waals surface area (Å²) in [5.41, 5.74) is 2.53. The van der Waals surface area contributed by atoms with E-state index in [0.29, 0.717) is 35.0 Å². The zero-order chi connectivity index (χ0) is 26.3. The Morgan fingerprint density at radius 2 is 1.68 bits per heavy atom. The summed E-state index contributed by atoms with van der Waals surface area (Å²) in [4.78, 5) is 35.5. The number of carbonyl (C=O) groups excluding carboxylic acids is 2. The van der Waals surface area contributed by atoms with Crippen LogP contribution >= 0.6 is 11.3 Å². The molecule has 0 radical (unpaired) electrons. The molecule has 4 aromatic rings. The van der Waals surface area contributed by atoms with Crippen LogP contribution in [0.25, 0.3) is 10.2 Å². The lowest BCUT2D eigenvalue weighted by Gasteiger charge is -2.27. The minimum atomic E-state index is -0.130. The van der Waals surface area contributed by atoms with Crippen molar-refractivity contribution in [3.8, 4) is 5.75 Å². The van der Waals surface area contributed by atoms with Gasteiger partial charge in [-0.05, 0) is 43.7 Å². The Morgan fingerprint density at radius 3 is 2.42 bits per heavy atom. The molecule has 1 aliphatic heterocycles. The maximum atomic E-state index is 13.8. The number of rotatable bonds is 10. The Morgan fingerprint density at radius 1 is 0.974 bits per heavy atom. The lowest BCUT2D eigenvalue weighted by Crippen LogP contribution is -2.39. The minimum absolute atomic E-state index is 0.0664. The lowest BCUT2D eigenvalue weighted by atomic mass is 10.0. The van der Waals surface area contributed by atoms with E-state index in [0.717, 1.165) is 55.2 Å². The van der Waals surface area contributed by atoms with Crippen LogP contribution in [0.2, 0.25) is 0 Å². The molecule has 0 aliphatic carbocycles. The first-order chi connectivity index (χ1) is 18.6. The molecule has 0 spiro atoms. The summed E-state index contributed by atoms with van der Waals surface area (Å²) >= 11 is 1.49. The quantitative estimate of drug-likeness (QED) is 0.260. The van der Waals surface area contributed by atoms with Gasteiger partial charge in [0.2, 0.25) is 0 Å². The third-order valence-corrected chi connectivity index (χ3v) is 7.57. The molecule has 1 amide bonds. The van der Waals surface area contributed by atoms with Gasteiger partial charge < -0.3 is 9.47 Å². The molecule has 2 heterocycles. The number of anilines is 1. The van der Waals surface area contributed by atoms with Gasteiger partial charge in [-0.2, -0.15) is 0 Å². The van der Waals surface area contributed by atoms with E-state index in [1.165, 1.54) is 11.3 Å². The number of hydrogen-bond acceptors (Lipinski definition) is 7. The van der Waals surface area contributed by atoms with Gasteiger partial charge in [0.1, 0.15) is 5.75 Å². The summed E-state index contributed by atoms with van der Waals surface area (Å²) in [6.45, 7) is 7.28. The fourth-order valence-electron chi connectivity index (χ4n) is 4.50. The molecular formula is C30H31N3O4S. The van der Waals surface area contributed by atoms with E-state index in [9.17, 15) is 9.59 Å². The second-order valence-electron chi connectivity index (χ2n) is 9.10. The maximum Gasteiger partial charge on any atom is 0.260 e. The van der Waals surface area contributed by atoms with Crippen LogP contribution in [0.4, 0.5) is 5.13 Å². The van der Waals surface area contributed by atoms with Gasteiger partial charge in [-0.15, -0.1) is 0 Å². The number of ketones is 1. The Balaban J connectivity index is 1.37. The predicted molar refractivity (Wildman–Crippen MR) is 151 cm³/mol. The van der Waals surface area contributed by atoms with E-state index in [1.807, 2.05) is 43.3 Å². The van der Waals surface area contributed by atoms with Crippen LogP contribution in [0.15, 0.2) is 72.8 Å². The average molecular weight is 530 g/mol. The van der Waals surface area contributed by atoms with Crippen LogP contribution < -0.4 is 9.64 Å². The van der Waals surface area contributed by atoms with Gasteiger partial charge in [-0.3, -0.25) is 19.4 Å². The molecule has 7 nitrogen and oxygen atoms in total. The molecule has 8 heteroatoms. The largest absolute Gasteiger partial charge is 0.494 e. The predicted octanol–water partition coefficient (Wildman–Crippen LogP) is 5.30. The molecule has 1 aromatic heterocycles. The highest BCUT2D eigenvalue weighted by Crippen LogP contribution is 2.32. The number of benzene rings is 3. The number of morpholine rings is 1. The van der Waals surface area contributed by atoms with Crippen molar-refractivity contribution >= 4 is 38.4 Å². The van der Waals surface area contributed by atoms with Crippen molar-refractivity contribution in [1.29, 1.82) is 0 Å². The molecule has 0 unspecified atom stereocenters. The van der Waals surface area contributed by atoms with Gasteiger partial charge in [0.05, 0.1) is 30.0 Å². The number of fused-ring (bicyclic) bond motifs is 1. The highest BCUT2D eigenvalue weighted by molar-refractivity contribution is 7.22. The number of aromatic nitrogens is 1. The molecule has 0 N–H and O–H groups in total. The van der Waals surface area contributed by atoms with E-state index in [1.54, 1.807) is 41.3 Å².